The molecule has 0 aliphatic carbocycles. The summed E-state index contributed by atoms with van der Waals surface area (Å²) in [5, 5.41) is 10.8. The summed E-state index contributed by atoms with van der Waals surface area (Å²) >= 11 is 0. The third-order valence-corrected chi connectivity index (χ3v) is 4.31. The number of hydrogen-bond acceptors (Lipinski definition) is 4. The van der Waals surface area contributed by atoms with Crippen molar-refractivity contribution in [3.8, 4) is 5.69 Å². The molecule has 7 nitrogen and oxygen atoms in total. The summed E-state index contributed by atoms with van der Waals surface area (Å²) in [4.78, 5) is 8.64. The van der Waals surface area contributed by atoms with Gasteiger partial charge in [-0.15, -0.1) is 0 Å². The molecule has 7 heteroatoms. The smallest absolute Gasteiger partial charge is 0.191 e. The number of rotatable bonds is 6. The number of aromatic nitrogens is 3. The lowest BCUT2D eigenvalue weighted by Crippen LogP contribution is -2.45. The molecule has 134 valence electrons. The van der Waals surface area contributed by atoms with Gasteiger partial charge < -0.3 is 15.4 Å². The van der Waals surface area contributed by atoms with Crippen molar-refractivity contribution in [2.75, 3.05) is 19.7 Å². The van der Waals surface area contributed by atoms with E-state index in [2.05, 4.69) is 51.7 Å². The third-order valence-electron chi connectivity index (χ3n) is 4.31. The zero-order chi connectivity index (χ0) is 17.5. The van der Waals surface area contributed by atoms with Crippen LogP contribution in [0.15, 0.2) is 41.9 Å². The molecule has 25 heavy (non-hydrogen) atoms. The molecule has 0 amide bonds. The second-order valence-corrected chi connectivity index (χ2v) is 6.46. The maximum atomic E-state index is 5.82. The number of guanidine groups is 1. The second kappa shape index (κ2) is 8.11. The van der Waals surface area contributed by atoms with Gasteiger partial charge in [0.2, 0.25) is 0 Å². The summed E-state index contributed by atoms with van der Waals surface area (Å²) in [6.45, 7) is 7.28. The summed E-state index contributed by atoms with van der Waals surface area (Å²) in [6.07, 6.45) is 5.43. The summed E-state index contributed by atoms with van der Waals surface area (Å²) in [7, 11) is 0. The van der Waals surface area contributed by atoms with E-state index in [0.717, 1.165) is 49.7 Å². The highest BCUT2D eigenvalue weighted by molar-refractivity contribution is 5.79. The number of hydrogen-bond donors (Lipinski definition) is 2. The molecule has 2 heterocycles. The van der Waals surface area contributed by atoms with Crippen LogP contribution in [0.1, 0.15) is 32.3 Å². The van der Waals surface area contributed by atoms with Gasteiger partial charge in [0, 0.05) is 19.7 Å². The molecule has 1 atom stereocenters. The Morgan fingerprint density at radius 2 is 2.16 bits per heavy atom. The zero-order valence-electron chi connectivity index (χ0n) is 14.9. The van der Waals surface area contributed by atoms with Crippen molar-refractivity contribution < 1.29 is 4.74 Å². The Morgan fingerprint density at radius 3 is 2.80 bits per heavy atom. The van der Waals surface area contributed by atoms with E-state index in [1.54, 1.807) is 11.0 Å². The average Bonchev–Trinajstić information content (AvgIpc) is 3.30. The topological polar surface area (TPSA) is 76.4 Å². The first kappa shape index (κ1) is 17.4. The predicted octanol–water partition coefficient (Wildman–Crippen LogP) is 1.89. The lowest BCUT2D eigenvalue weighted by molar-refractivity contribution is 0.0243. The van der Waals surface area contributed by atoms with E-state index in [-0.39, 0.29) is 5.60 Å². The largest absolute Gasteiger partial charge is 0.373 e. The number of ether oxygens (including phenoxy) is 1. The van der Waals surface area contributed by atoms with Gasteiger partial charge in [0.05, 0.1) is 17.8 Å². The lowest BCUT2D eigenvalue weighted by atomic mass is 10.0. The number of nitrogens with one attached hydrogen (secondary N) is 2. The Hall–Kier alpha value is -2.41. The molecule has 1 aromatic carbocycles. The standard InChI is InChI=1S/C18H26N6O/c1-3-20-17(22-12-18(2)9-4-10-25-18)21-11-15-5-7-16(8-6-15)24-14-19-13-23-24/h5-8,13-14H,3-4,9-12H2,1-2H3,(H2,20,21,22). The number of nitrogens with zero attached hydrogens (tertiary/aromatic N) is 4. The molecule has 0 saturated carbocycles. The summed E-state index contributed by atoms with van der Waals surface area (Å²) in [5.74, 6) is 0.819. The predicted molar refractivity (Wildman–Crippen MR) is 97.8 cm³/mol. The van der Waals surface area contributed by atoms with Gasteiger partial charge in [-0.3, -0.25) is 0 Å². The molecule has 2 aromatic rings. The van der Waals surface area contributed by atoms with Crippen LogP contribution in [0.4, 0.5) is 0 Å². The van der Waals surface area contributed by atoms with Crippen molar-refractivity contribution in [3.05, 3.63) is 42.5 Å². The van der Waals surface area contributed by atoms with Crippen LogP contribution >= 0.6 is 0 Å². The first-order valence-corrected chi connectivity index (χ1v) is 8.79. The van der Waals surface area contributed by atoms with Crippen molar-refractivity contribution in [1.82, 2.24) is 25.4 Å². The van der Waals surface area contributed by atoms with Gasteiger partial charge in [-0.25, -0.2) is 14.7 Å². The molecule has 1 unspecified atom stereocenters. The fourth-order valence-electron chi connectivity index (χ4n) is 2.85. The van der Waals surface area contributed by atoms with Gasteiger partial charge in [-0.05, 0) is 44.4 Å². The van der Waals surface area contributed by atoms with Crippen molar-refractivity contribution in [2.24, 2.45) is 4.99 Å². The Labute approximate surface area is 148 Å². The quantitative estimate of drug-likeness (QED) is 0.619. The molecule has 0 spiro atoms. The zero-order valence-corrected chi connectivity index (χ0v) is 14.9. The fraction of sp³-hybridized carbons (Fsp3) is 0.500. The molecular weight excluding hydrogens is 316 g/mol. The van der Waals surface area contributed by atoms with Gasteiger partial charge in [-0.1, -0.05) is 12.1 Å². The van der Waals surface area contributed by atoms with Gasteiger partial charge in [-0.2, -0.15) is 5.10 Å². The van der Waals surface area contributed by atoms with Gasteiger partial charge in [0.1, 0.15) is 12.7 Å². The monoisotopic (exact) mass is 342 g/mol. The van der Waals surface area contributed by atoms with E-state index in [4.69, 9.17) is 4.74 Å². The minimum Gasteiger partial charge on any atom is -0.373 e. The fourth-order valence-corrected chi connectivity index (χ4v) is 2.85. The highest BCUT2D eigenvalue weighted by Crippen LogP contribution is 2.23. The van der Waals surface area contributed by atoms with Crippen molar-refractivity contribution >= 4 is 5.96 Å². The van der Waals surface area contributed by atoms with Crippen LogP contribution in [0.2, 0.25) is 0 Å². The lowest BCUT2D eigenvalue weighted by Gasteiger charge is -2.24. The van der Waals surface area contributed by atoms with Crippen LogP contribution in [-0.4, -0.2) is 46.0 Å². The molecule has 1 aromatic heterocycles. The highest BCUT2D eigenvalue weighted by Gasteiger charge is 2.29. The van der Waals surface area contributed by atoms with E-state index in [1.165, 1.54) is 6.33 Å². The first-order chi connectivity index (χ1) is 12.2. The SMILES string of the molecule is CCNC(=NCc1ccc(-n2cncn2)cc1)NCC1(C)CCCO1. The third kappa shape index (κ3) is 4.79. The van der Waals surface area contributed by atoms with E-state index < -0.39 is 0 Å². The molecule has 0 radical (unpaired) electrons. The Morgan fingerprint density at radius 1 is 1.32 bits per heavy atom. The Kier molecular flexibility index (Phi) is 5.65. The normalized spacial score (nSPS) is 20.6. The first-order valence-electron chi connectivity index (χ1n) is 8.79. The second-order valence-electron chi connectivity index (χ2n) is 6.46. The van der Waals surface area contributed by atoms with Crippen LogP contribution < -0.4 is 10.6 Å². The highest BCUT2D eigenvalue weighted by atomic mass is 16.5. The van der Waals surface area contributed by atoms with E-state index in [9.17, 15) is 0 Å². The van der Waals surface area contributed by atoms with Crippen molar-refractivity contribution in [3.63, 3.8) is 0 Å². The Bertz CT molecular complexity index is 674. The molecular formula is C18H26N6O. The minimum atomic E-state index is -0.0877. The van der Waals surface area contributed by atoms with Crippen molar-refractivity contribution in [1.29, 1.82) is 0 Å². The Balaban J connectivity index is 1.58. The molecule has 0 bridgehead atoms. The van der Waals surface area contributed by atoms with E-state index in [0.29, 0.717) is 6.54 Å². The van der Waals surface area contributed by atoms with Crippen LogP contribution in [0.25, 0.3) is 5.69 Å². The molecule has 1 aliphatic rings. The number of benzene rings is 1. The summed E-state index contributed by atoms with van der Waals surface area (Å²) < 4.78 is 7.56. The summed E-state index contributed by atoms with van der Waals surface area (Å²) in [6, 6.07) is 8.16. The molecule has 3 rings (SSSR count). The molecule has 1 saturated heterocycles. The van der Waals surface area contributed by atoms with Crippen LogP contribution in [-0.2, 0) is 11.3 Å². The van der Waals surface area contributed by atoms with Gasteiger partial charge in [0.15, 0.2) is 5.96 Å². The van der Waals surface area contributed by atoms with Crippen LogP contribution in [0.5, 0.6) is 0 Å². The maximum Gasteiger partial charge on any atom is 0.191 e. The molecule has 2 N–H and O–H groups in total. The maximum absolute atomic E-state index is 5.82. The molecule has 1 fully saturated rings. The van der Waals surface area contributed by atoms with Gasteiger partial charge in [0.25, 0.3) is 0 Å². The van der Waals surface area contributed by atoms with Gasteiger partial charge >= 0.3 is 0 Å². The van der Waals surface area contributed by atoms with E-state index >= 15 is 0 Å². The van der Waals surface area contributed by atoms with E-state index in [1.807, 2.05) is 12.1 Å². The number of aliphatic imine (C=N–C) groups is 1. The van der Waals surface area contributed by atoms with Crippen molar-refractivity contribution in [2.45, 2.75) is 38.8 Å². The van der Waals surface area contributed by atoms with Crippen LogP contribution in [0, 0.1) is 0 Å². The minimum absolute atomic E-state index is 0.0877. The molecule has 1 aliphatic heterocycles. The average molecular weight is 342 g/mol. The summed E-state index contributed by atoms with van der Waals surface area (Å²) in [5.41, 5.74) is 2.04. The van der Waals surface area contributed by atoms with Crippen LogP contribution in [0.3, 0.4) is 0 Å².